The summed E-state index contributed by atoms with van der Waals surface area (Å²) >= 11 is 0. The molecule has 1 saturated heterocycles. The lowest BCUT2D eigenvalue weighted by atomic mass is 9.94. The molecule has 0 amide bonds. The first-order chi connectivity index (χ1) is 10.4. The van der Waals surface area contributed by atoms with Crippen LogP contribution in [0.25, 0.3) is 0 Å². The standard InChI is InChI=1S/C17H27NO3S/c1-17(2,3)22(19)18-12-8-11-15(21-13-20-4)16(18)14-9-6-5-7-10-14/h5-7,9-10,15-16H,8,11-13H2,1-4H3/t15-,16+,22-/m1/s1. The van der Waals surface area contributed by atoms with Crippen molar-refractivity contribution in [3.8, 4) is 0 Å². The Morgan fingerprint density at radius 1 is 1.27 bits per heavy atom. The van der Waals surface area contributed by atoms with Crippen molar-refractivity contribution in [2.24, 2.45) is 0 Å². The van der Waals surface area contributed by atoms with Gasteiger partial charge in [0.2, 0.25) is 0 Å². The molecule has 1 aliphatic rings. The van der Waals surface area contributed by atoms with Crippen molar-refractivity contribution in [1.29, 1.82) is 0 Å². The zero-order chi connectivity index (χ0) is 16.2. The van der Waals surface area contributed by atoms with Gasteiger partial charge >= 0.3 is 0 Å². The van der Waals surface area contributed by atoms with Crippen LogP contribution in [-0.4, -0.2) is 39.8 Å². The lowest BCUT2D eigenvalue weighted by molar-refractivity contribution is -0.104. The molecule has 22 heavy (non-hydrogen) atoms. The molecule has 0 aromatic heterocycles. The summed E-state index contributed by atoms with van der Waals surface area (Å²) in [4.78, 5) is 0. The van der Waals surface area contributed by atoms with Crippen molar-refractivity contribution in [3.63, 3.8) is 0 Å². The van der Waals surface area contributed by atoms with Crippen molar-refractivity contribution in [2.45, 2.75) is 50.5 Å². The predicted molar refractivity (Wildman–Crippen MR) is 89.8 cm³/mol. The van der Waals surface area contributed by atoms with Gasteiger partial charge < -0.3 is 9.47 Å². The van der Waals surface area contributed by atoms with E-state index in [0.717, 1.165) is 24.9 Å². The average molecular weight is 325 g/mol. The molecule has 1 aromatic rings. The van der Waals surface area contributed by atoms with Gasteiger partial charge in [-0.15, -0.1) is 0 Å². The Morgan fingerprint density at radius 2 is 1.95 bits per heavy atom. The lowest BCUT2D eigenvalue weighted by Crippen LogP contribution is -2.48. The van der Waals surface area contributed by atoms with Gasteiger partial charge in [-0.05, 0) is 39.2 Å². The Labute approximate surface area is 136 Å². The molecule has 5 heteroatoms. The van der Waals surface area contributed by atoms with Gasteiger partial charge in [-0.25, -0.2) is 8.51 Å². The molecule has 4 nitrogen and oxygen atoms in total. The van der Waals surface area contributed by atoms with Gasteiger partial charge in [-0.3, -0.25) is 0 Å². The molecule has 0 radical (unpaired) electrons. The molecule has 2 rings (SSSR count). The quantitative estimate of drug-likeness (QED) is 0.780. The van der Waals surface area contributed by atoms with E-state index < -0.39 is 11.0 Å². The molecule has 124 valence electrons. The Bertz CT molecular complexity index is 486. The fraction of sp³-hybridized carbons (Fsp3) is 0.647. The van der Waals surface area contributed by atoms with Crippen LogP contribution in [-0.2, 0) is 20.5 Å². The first-order valence-corrected chi connectivity index (χ1v) is 8.90. The van der Waals surface area contributed by atoms with Crippen LogP contribution in [0.1, 0.15) is 45.2 Å². The van der Waals surface area contributed by atoms with Crippen molar-refractivity contribution >= 4 is 11.0 Å². The van der Waals surface area contributed by atoms with Gasteiger partial charge in [0, 0.05) is 13.7 Å². The van der Waals surface area contributed by atoms with Crippen LogP contribution in [0.3, 0.4) is 0 Å². The summed E-state index contributed by atoms with van der Waals surface area (Å²) in [6.45, 7) is 7.15. The third-order valence-electron chi connectivity index (χ3n) is 3.81. The normalized spacial score (nSPS) is 25.1. The van der Waals surface area contributed by atoms with E-state index in [1.165, 1.54) is 0 Å². The number of piperidine rings is 1. The van der Waals surface area contributed by atoms with E-state index in [4.69, 9.17) is 9.47 Å². The number of rotatable bonds is 5. The summed E-state index contributed by atoms with van der Waals surface area (Å²) in [6, 6.07) is 10.2. The second-order valence-corrected chi connectivity index (χ2v) is 8.80. The molecule has 1 aliphatic heterocycles. The number of methoxy groups -OCH3 is 1. The van der Waals surface area contributed by atoms with Gasteiger partial charge in [0.05, 0.1) is 16.9 Å². The molecule has 0 spiro atoms. The predicted octanol–water partition coefficient (Wildman–Crippen LogP) is 3.27. The molecule has 0 N–H and O–H groups in total. The second-order valence-electron chi connectivity index (χ2n) is 6.61. The van der Waals surface area contributed by atoms with Gasteiger partial charge in [0.25, 0.3) is 0 Å². The zero-order valence-corrected chi connectivity index (χ0v) is 14.8. The maximum Gasteiger partial charge on any atom is 0.146 e. The highest BCUT2D eigenvalue weighted by molar-refractivity contribution is 7.84. The molecule has 0 saturated carbocycles. The average Bonchev–Trinajstić information content (AvgIpc) is 2.51. The number of ether oxygens (including phenoxy) is 2. The number of hydrogen-bond donors (Lipinski definition) is 0. The monoisotopic (exact) mass is 325 g/mol. The van der Waals surface area contributed by atoms with E-state index in [1.807, 2.05) is 39.0 Å². The van der Waals surface area contributed by atoms with Crippen LogP contribution in [0, 0.1) is 0 Å². The van der Waals surface area contributed by atoms with E-state index in [0.29, 0.717) is 0 Å². The molecule has 1 heterocycles. The minimum atomic E-state index is -1.07. The van der Waals surface area contributed by atoms with E-state index in [1.54, 1.807) is 7.11 Å². The van der Waals surface area contributed by atoms with Crippen LogP contribution in [0.4, 0.5) is 0 Å². The molecule has 1 fully saturated rings. The minimum Gasteiger partial charge on any atom is -0.359 e. The Balaban J connectivity index is 2.31. The highest BCUT2D eigenvalue weighted by atomic mass is 32.2. The van der Waals surface area contributed by atoms with E-state index in [-0.39, 0.29) is 23.7 Å². The highest BCUT2D eigenvalue weighted by Crippen LogP contribution is 2.36. The van der Waals surface area contributed by atoms with E-state index in [2.05, 4.69) is 16.4 Å². The summed E-state index contributed by atoms with van der Waals surface area (Å²) in [7, 11) is 0.562. The third-order valence-corrected chi connectivity index (χ3v) is 5.69. The fourth-order valence-corrected chi connectivity index (χ4v) is 4.29. The maximum atomic E-state index is 13.0. The summed E-state index contributed by atoms with van der Waals surface area (Å²) in [6.07, 6.45) is 1.95. The molecule has 0 aliphatic carbocycles. The third kappa shape index (κ3) is 4.16. The van der Waals surface area contributed by atoms with E-state index in [9.17, 15) is 4.21 Å². The van der Waals surface area contributed by atoms with Crippen molar-refractivity contribution < 1.29 is 13.7 Å². The van der Waals surface area contributed by atoms with Crippen LogP contribution in [0.15, 0.2) is 30.3 Å². The number of benzene rings is 1. The molecular weight excluding hydrogens is 298 g/mol. The largest absolute Gasteiger partial charge is 0.359 e. The molecule has 1 aromatic carbocycles. The second kappa shape index (κ2) is 7.68. The summed E-state index contributed by atoms with van der Waals surface area (Å²) in [5.41, 5.74) is 1.15. The highest BCUT2D eigenvalue weighted by Gasteiger charge is 2.39. The van der Waals surface area contributed by atoms with Crippen LogP contribution in [0.2, 0.25) is 0 Å². The SMILES string of the molecule is COCO[C@@H]1CCCN([S@](=O)C(C)(C)C)[C@H]1c1ccccc1. The Hall–Kier alpha value is -0.750. The molecule has 0 bridgehead atoms. The summed E-state index contributed by atoms with van der Waals surface area (Å²) in [5, 5.41) is 0. The first-order valence-electron chi connectivity index (χ1n) is 7.79. The van der Waals surface area contributed by atoms with Gasteiger partial charge in [0.15, 0.2) is 0 Å². The van der Waals surface area contributed by atoms with Gasteiger partial charge in [-0.2, -0.15) is 0 Å². The van der Waals surface area contributed by atoms with Gasteiger partial charge in [0.1, 0.15) is 17.8 Å². The number of nitrogens with zero attached hydrogens (tertiary/aromatic N) is 1. The smallest absolute Gasteiger partial charge is 0.146 e. The maximum absolute atomic E-state index is 13.0. The molecule has 3 atom stereocenters. The number of hydrogen-bond acceptors (Lipinski definition) is 3. The van der Waals surface area contributed by atoms with E-state index >= 15 is 0 Å². The van der Waals surface area contributed by atoms with Crippen LogP contribution >= 0.6 is 0 Å². The molecular formula is C17H27NO3S. The fourth-order valence-electron chi connectivity index (χ4n) is 2.83. The van der Waals surface area contributed by atoms with Crippen LogP contribution in [0.5, 0.6) is 0 Å². The Morgan fingerprint density at radius 3 is 2.55 bits per heavy atom. The lowest BCUT2D eigenvalue weighted by Gasteiger charge is -2.42. The first kappa shape index (κ1) is 17.6. The van der Waals surface area contributed by atoms with Crippen molar-refractivity contribution in [3.05, 3.63) is 35.9 Å². The summed E-state index contributed by atoms with van der Waals surface area (Å²) in [5.74, 6) is 0. The zero-order valence-electron chi connectivity index (χ0n) is 14.0. The minimum absolute atomic E-state index is 0.00222. The van der Waals surface area contributed by atoms with Crippen LogP contribution < -0.4 is 0 Å². The summed E-state index contributed by atoms with van der Waals surface area (Å²) < 4.78 is 25.8. The Kier molecular flexibility index (Phi) is 6.15. The van der Waals surface area contributed by atoms with Crippen molar-refractivity contribution in [2.75, 3.05) is 20.4 Å². The molecule has 0 unspecified atom stereocenters. The van der Waals surface area contributed by atoms with Gasteiger partial charge in [-0.1, -0.05) is 30.3 Å². The van der Waals surface area contributed by atoms with Crippen molar-refractivity contribution in [1.82, 2.24) is 4.31 Å². The topological polar surface area (TPSA) is 38.8 Å².